The van der Waals surface area contributed by atoms with Crippen LogP contribution < -0.4 is 5.32 Å². The van der Waals surface area contributed by atoms with E-state index < -0.39 is 12.0 Å². The van der Waals surface area contributed by atoms with Gasteiger partial charge < -0.3 is 10.4 Å². The summed E-state index contributed by atoms with van der Waals surface area (Å²) in [7, 11) is 0. The lowest BCUT2D eigenvalue weighted by atomic mass is 10.3. The summed E-state index contributed by atoms with van der Waals surface area (Å²) >= 11 is 3.80. The Bertz CT molecular complexity index is 116. The fourth-order valence-electron chi connectivity index (χ4n) is 0.344. The first-order chi connectivity index (χ1) is 4.22. The Morgan fingerprint density at radius 2 is 2.56 bits per heavy atom. The zero-order chi connectivity index (χ0) is 7.28. The third-order valence-corrected chi connectivity index (χ3v) is 1.16. The van der Waals surface area contributed by atoms with Crippen LogP contribution in [0.5, 0.6) is 0 Å². The van der Waals surface area contributed by atoms with Crippen LogP contribution >= 0.6 is 12.6 Å². The summed E-state index contributed by atoms with van der Waals surface area (Å²) in [4.78, 5) is 10.2. The predicted molar refractivity (Wildman–Crippen MR) is 38.6 cm³/mol. The average molecular weight is 147 g/mol. The topological polar surface area (TPSA) is 49.3 Å². The van der Waals surface area contributed by atoms with E-state index in [4.69, 9.17) is 5.11 Å². The van der Waals surface area contributed by atoms with Gasteiger partial charge in [0.15, 0.2) is 0 Å². The van der Waals surface area contributed by atoms with E-state index in [0.29, 0.717) is 0 Å². The van der Waals surface area contributed by atoms with Crippen LogP contribution in [0.4, 0.5) is 0 Å². The van der Waals surface area contributed by atoms with Gasteiger partial charge in [-0.1, -0.05) is 6.58 Å². The first-order valence-corrected chi connectivity index (χ1v) is 3.06. The molecular weight excluding hydrogens is 138 g/mol. The molecule has 0 rings (SSSR count). The van der Waals surface area contributed by atoms with E-state index in [9.17, 15) is 4.79 Å². The van der Waals surface area contributed by atoms with Crippen molar-refractivity contribution in [1.29, 1.82) is 0 Å². The van der Waals surface area contributed by atoms with Crippen LogP contribution in [0.1, 0.15) is 0 Å². The highest BCUT2D eigenvalue weighted by molar-refractivity contribution is 7.80. The molecule has 0 saturated heterocycles. The number of thiol groups is 1. The van der Waals surface area contributed by atoms with E-state index in [1.165, 1.54) is 6.20 Å². The molecule has 0 fully saturated rings. The first kappa shape index (κ1) is 8.36. The zero-order valence-electron chi connectivity index (χ0n) is 4.87. The van der Waals surface area contributed by atoms with Crippen molar-refractivity contribution in [3.63, 3.8) is 0 Å². The van der Waals surface area contributed by atoms with Crippen molar-refractivity contribution in [1.82, 2.24) is 5.32 Å². The van der Waals surface area contributed by atoms with Crippen molar-refractivity contribution in [2.24, 2.45) is 0 Å². The largest absolute Gasteiger partial charge is 0.480 e. The lowest BCUT2D eigenvalue weighted by Gasteiger charge is -2.06. The van der Waals surface area contributed by atoms with E-state index in [1.54, 1.807) is 0 Å². The Morgan fingerprint density at radius 1 is 2.00 bits per heavy atom. The third-order valence-electron chi connectivity index (χ3n) is 0.800. The maximum absolute atomic E-state index is 10.2. The molecule has 4 heteroatoms. The molecule has 0 unspecified atom stereocenters. The number of hydrogen-bond donors (Lipinski definition) is 3. The summed E-state index contributed by atoms with van der Waals surface area (Å²) in [6.07, 6.45) is 1.34. The molecule has 0 amide bonds. The van der Waals surface area contributed by atoms with Crippen molar-refractivity contribution >= 4 is 18.6 Å². The molecular formula is C5H9NO2S. The fraction of sp³-hybridized carbons (Fsp3) is 0.400. The summed E-state index contributed by atoms with van der Waals surface area (Å²) < 4.78 is 0. The van der Waals surface area contributed by atoms with Crippen molar-refractivity contribution in [3.8, 4) is 0 Å². The normalized spacial score (nSPS) is 12.1. The molecule has 0 aliphatic heterocycles. The van der Waals surface area contributed by atoms with E-state index in [2.05, 4.69) is 24.5 Å². The maximum Gasteiger partial charge on any atom is 0.326 e. The zero-order valence-corrected chi connectivity index (χ0v) is 5.77. The van der Waals surface area contributed by atoms with Crippen LogP contribution in [0.3, 0.4) is 0 Å². The van der Waals surface area contributed by atoms with Gasteiger partial charge in [0.1, 0.15) is 6.04 Å². The van der Waals surface area contributed by atoms with Gasteiger partial charge in [-0.15, -0.1) is 0 Å². The number of carbonyl (C=O) groups is 1. The molecule has 0 saturated carbocycles. The van der Waals surface area contributed by atoms with Gasteiger partial charge in [0.05, 0.1) is 0 Å². The van der Waals surface area contributed by atoms with Crippen LogP contribution in [-0.4, -0.2) is 22.9 Å². The Kier molecular flexibility index (Phi) is 3.96. The van der Waals surface area contributed by atoms with Crippen molar-refractivity contribution in [3.05, 3.63) is 12.8 Å². The number of hydrogen-bond acceptors (Lipinski definition) is 3. The van der Waals surface area contributed by atoms with Crippen LogP contribution in [0.15, 0.2) is 12.8 Å². The van der Waals surface area contributed by atoms with E-state index in [1.807, 2.05) is 0 Å². The number of rotatable bonds is 4. The Morgan fingerprint density at radius 3 is 2.67 bits per heavy atom. The lowest BCUT2D eigenvalue weighted by molar-refractivity contribution is -0.138. The molecule has 0 radical (unpaired) electrons. The molecule has 0 heterocycles. The lowest BCUT2D eigenvalue weighted by Crippen LogP contribution is -2.34. The third kappa shape index (κ3) is 3.03. The average Bonchev–Trinajstić information content (AvgIpc) is 1.82. The van der Waals surface area contributed by atoms with Gasteiger partial charge in [-0.2, -0.15) is 12.6 Å². The highest BCUT2D eigenvalue weighted by Gasteiger charge is 2.11. The Hall–Kier alpha value is -0.640. The smallest absolute Gasteiger partial charge is 0.326 e. The van der Waals surface area contributed by atoms with Gasteiger partial charge in [0.2, 0.25) is 0 Å². The Balaban J connectivity index is 3.67. The van der Waals surface area contributed by atoms with E-state index in [-0.39, 0.29) is 5.75 Å². The molecule has 2 N–H and O–H groups in total. The van der Waals surface area contributed by atoms with Crippen LogP contribution in [0.2, 0.25) is 0 Å². The molecule has 3 nitrogen and oxygen atoms in total. The van der Waals surface area contributed by atoms with Crippen molar-refractivity contribution in [2.75, 3.05) is 5.75 Å². The molecule has 0 aliphatic carbocycles. The van der Waals surface area contributed by atoms with Gasteiger partial charge >= 0.3 is 5.97 Å². The van der Waals surface area contributed by atoms with E-state index in [0.717, 1.165) is 0 Å². The molecule has 0 aromatic rings. The second kappa shape index (κ2) is 4.26. The number of carboxylic acids is 1. The van der Waals surface area contributed by atoms with Crippen LogP contribution in [0.25, 0.3) is 0 Å². The summed E-state index contributed by atoms with van der Waals surface area (Å²) in [5.41, 5.74) is 0. The molecule has 1 atom stereocenters. The molecule has 0 aromatic carbocycles. The van der Waals surface area contributed by atoms with Crippen molar-refractivity contribution in [2.45, 2.75) is 6.04 Å². The first-order valence-electron chi connectivity index (χ1n) is 2.43. The summed E-state index contributed by atoms with van der Waals surface area (Å²) in [6.45, 7) is 3.32. The maximum atomic E-state index is 10.2. The quantitative estimate of drug-likeness (QED) is 0.494. The highest BCUT2D eigenvalue weighted by Crippen LogP contribution is 1.86. The van der Waals surface area contributed by atoms with Gasteiger partial charge in [0.25, 0.3) is 0 Å². The number of nitrogens with one attached hydrogen (secondary N) is 1. The number of aliphatic carboxylic acids is 1. The second-order valence-corrected chi connectivity index (χ2v) is 1.81. The molecule has 0 bridgehead atoms. The molecule has 0 aromatic heterocycles. The minimum Gasteiger partial charge on any atom is -0.480 e. The molecule has 52 valence electrons. The minimum absolute atomic E-state index is 0.265. The van der Waals surface area contributed by atoms with Crippen LogP contribution in [0, 0.1) is 0 Å². The Labute approximate surface area is 59.2 Å². The summed E-state index contributed by atoms with van der Waals surface area (Å²) in [5, 5.41) is 10.9. The summed E-state index contributed by atoms with van der Waals surface area (Å²) in [5.74, 6) is -0.647. The molecule has 9 heavy (non-hydrogen) atoms. The molecule has 0 spiro atoms. The van der Waals surface area contributed by atoms with Crippen LogP contribution in [-0.2, 0) is 4.79 Å². The SMILES string of the molecule is C=CN[C@H](CS)C(=O)O. The van der Waals surface area contributed by atoms with E-state index >= 15 is 0 Å². The standard InChI is InChI=1S/C5H9NO2S/c1-2-6-4(3-9)5(7)8/h2,4,6,9H,1,3H2,(H,7,8)/t4-/m1/s1. The fourth-order valence-corrected chi connectivity index (χ4v) is 0.606. The highest BCUT2D eigenvalue weighted by atomic mass is 32.1. The predicted octanol–water partition coefficient (Wildman–Crippen LogP) is 0.102. The van der Waals surface area contributed by atoms with Gasteiger partial charge in [-0.3, -0.25) is 0 Å². The monoisotopic (exact) mass is 147 g/mol. The van der Waals surface area contributed by atoms with Gasteiger partial charge in [-0.05, 0) is 6.20 Å². The minimum atomic E-state index is -0.912. The van der Waals surface area contributed by atoms with Crippen molar-refractivity contribution < 1.29 is 9.90 Å². The van der Waals surface area contributed by atoms with Gasteiger partial charge in [0, 0.05) is 5.75 Å². The molecule has 0 aliphatic rings. The summed E-state index contributed by atoms with van der Waals surface area (Å²) in [6, 6.07) is -0.620. The second-order valence-electron chi connectivity index (χ2n) is 1.44. The van der Waals surface area contributed by atoms with Gasteiger partial charge in [-0.25, -0.2) is 4.79 Å². The number of carboxylic acid groups (broad SMARTS) is 1.